The van der Waals surface area contributed by atoms with Crippen molar-refractivity contribution < 1.29 is 9.53 Å². The molecule has 0 radical (unpaired) electrons. The molecule has 7 nitrogen and oxygen atoms in total. The molecule has 8 heteroatoms. The second-order valence-corrected chi connectivity index (χ2v) is 11.6. The van der Waals surface area contributed by atoms with Crippen molar-refractivity contribution in [1.29, 1.82) is 0 Å². The third-order valence-corrected chi connectivity index (χ3v) is 7.29. The van der Waals surface area contributed by atoms with E-state index in [9.17, 15) is 4.79 Å². The minimum absolute atomic E-state index is 0.0244. The van der Waals surface area contributed by atoms with Crippen LogP contribution in [0.4, 0.5) is 10.5 Å². The normalized spacial score (nSPS) is 15.3. The fourth-order valence-electron chi connectivity index (χ4n) is 4.96. The van der Waals surface area contributed by atoms with Gasteiger partial charge < -0.3 is 15.0 Å². The largest absolute Gasteiger partial charge is 0.444 e. The van der Waals surface area contributed by atoms with Crippen LogP contribution >= 0.6 is 15.9 Å². The van der Waals surface area contributed by atoms with Gasteiger partial charge in [-0.1, -0.05) is 34.1 Å². The highest BCUT2D eigenvalue weighted by Gasteiger charge is 2.31. The molecule has 1 N–H and O–H groups in total. The van der Waals surface area contributed by atoms with Crippen molar-refractivity contribution >= 4 is 38.7 Å². The zero-order valence-electron chi connectivity index (χ0n) is 21.9. The molecule has 0 saturated carbocycles. The van der Waals surface area contributed by atoms with Crippen LogP contribution in [0.1, 0.15) is 45.2 Å². The Morgan fingerprint density at radius 1 is 1.05 bits per heavy atom. The monoisotopic (exact) mass is 573 g/mol. The number of anilines is 1. The summed E-state index contributed by atoms with van der Waals surface area (Å²) in [5.41, 5.74) is 5.39. The Hall–Kier alpha value is -3.52. The molecule has 0 aliphatic carbocycles. The standard InChI is InChI=1S/C30H32BrN5O2/c1-30(2,3)38-29(37)36-15-10-21(11-16-36)27(22-5-4-12-32-19-22)35-24-17-25(20-6-8-23(31)9-7-20)28-26(18-24)33-13-14-34-28/h4-9,12-14,17-19,21,27,35H,10-11,15-16H2,1-3H3. The van der Waals surface area contributed by atoms with Gasteiger partial charge in [0.05, 0.1) is 17.1 Å². The molecule has 0 spiro atoms. The van der Waals surface area contributed by atoms with E-state index in [2.05, 4.69) is 66.5 Å². The number of pyridine rings is 1. The van der Waals surface area contributed by atoms with Crippen molar-refractivity contribution in [2.24, 2.45) is 5.92 Å². The third-order valence-electron chi connectivity index (χ3n) is 6.76. The quantitative estimate of drug-likeness (QED) is 0.270. The molecule has 0 bridgehead atoms. The molecule has 196 valence electrons. The summed E-state index contributed by atoms with van der Waals surface area (Å²) in [5.74, 6) is 0.312. The number of hydrogen-bond acceptors (Lipinski definition) is 6. The van der Waals surface area contributed by atoms with E-state index >= 15 is 0 Å². The minimum atomic E-state index is -0.501. The van der Waals surface area contributed by atoms with E-state index < -0.39 is 5.60 Å². The van der Waals surface area contributed by atoms with Gasteiger partial charge in [-0.15, -0.1) is 0 Å². The summed E-state index contributed by atoms with van der Waals surface area (Å²) in [7, 11) is 0. The molecule has 5 rings (SSSR count). The molecular formula is C30H32BrN5O2. The van der Waals surface area contributed by atoms with Gasteiger partial charge in [0.25, 0.3) is 0 Å². The lowest BCUT2D eigenvalue weighted by Gasteiger charge is -2.37. The highest BCUT2D eigenvalue weighted by atomic mass is 79.9. The van der Waals surface area contributed by atoms with Crippen LogP contribution in [-0.2, 0) is 4.74 Å². The number of amides is 1. The van der Waals surface area contributed by atoms with Crippen LogP contribution in [0.3, 0.4) is 0 Å². The van der Waals surface area contributed by atoms with Crippen LogP contribution in [0.25, 0.3) is 22.2 Å². The van der Waals surface area contributed by atoms with Crippen molar-refractivity contribution in [3.63, 3.8) is 0 Å². The van der Waals surface area contributed by atoms with Crippen LogP contribution in [0.15, 0.2) is 77.8 Å². The number of hydrogen-bond donors (Lipinski definition) is 1. The van der Waals surface area contributed by atoms with E-state index in [1.165, 1.54) is 0 Å². The summed E-state index contributed by atoms with van der Waals surface area (Å²) >= 11 is 3.53. The average Bonchev–Trinajstić information content (AvgIpc) is 2.91. The molecular weight excluding hydrogens is 542 g/mol. The van der Waals surface area contributed by atoms with Crippen molar-refractivity contribution in [3.8, 4) is 11.1 Å². The van der Waals surface area contributed by atoms with Gasteiger partial charge in [0.1, 0.15) is 5.60 Å². The Morgan fingerprint density at radius 3 is 2.47 bits per heavy atom. The van der Waals surface area contributed by atoms with Crippen molar-refractivity contribution in [2.75, 3.05) is 18.4 Å². The lowest BCUT2D eigenvalue weighted by atomic mass is 9.85. The molecule has 3 heterocycles. The maximum Gasteiger partial charge on any atom is 0.410 e. The van der Waals surface area contributed by atoms with E-state index in [0.717, 1.165) is 50.7 Å². The average molecular weight is 575 g/mol. The first kappa shape index (κ1) is 26.1. The second kappa shape index (κ2) is 11.1. The van der Waals surface area contributed by atoms with E-state index in [-0.39, 0.29) is 12.1 Å². The number of carbonyl (C=O) groups is 1. The van der Waals surface area contributed by atoms with Gasteiger partial charge in [0.2, 0.25) is 0 Å². The summed E-state index contributed by atoms with van der Waals surface area (Å²) in [6.45, 7) is 7.01. The van der Waals surface area contributed by atoms with Gasteiger partial charge in [0, 0.05) is 53.6 Å². The highest BCUT2D eigenvalue weighted by Crippen LogP contribution is 2.37. The fraction of sp³-hybridized carbons (Fsp3) is 0.333. The summed E-state index contributed by atoms with van der Waals surface area (Å²) in [5, 5.41) is 3.81. The van der Waals surface area contributed by atoms with Crippen molar-refractivity contribution in [2.45, 2.75) is 45.3 Å². The zero-order chi connectivity index (χ0) is 26.7. The predicted octanol–water partition coefficient (Wildman–Crippen LogP) is 7.25. The summed E-state index contributed by atoms with van der Waals surface area (Å²) < 4.78 is 6.63. The molecule has 38 heavy (non-hydrogen) atoms. The van der Waals surface area contributed by atoms with Crippen LogP contribution in [-0.4, -0.2) is 44.6 Å². The lowest BCUT2D eigenvalue weighted by Crippen LogP contribution is -2.43. The van der Waals surface area contributed by atoms with Crippen molar-refractivity contribution in [1.82, 2.24) is 19.9 Å². The number of likely N-dealkylation sites (tertiary alicyclic amines) is 1. The number of nitrogens with one attached hydrogen (secondary N) is 1. The SMILES string of the molecule is CC(C)(C)OC(=O)N1CCC(C(Nc2cc(-c3ccc(Br)cc3)c3nccnc3c2)c2cccnc2)CC1. The van der Waals surface area contributed by atoms with Gasteiger partial charge in [-0.2, -0.15) is 0 Å². The number of piperidine rings is 1. The molecule has 2 aromatic heterocycles. The first-order valence-corrected chi connectivity index (χ1v) is 13.7. The Labute approximate surface area is 231 Å². The first-order valence-electron chi connectivity index (χ1n) is 12.9. The van der Waals surface area contributed by atoms with Gasteiger partial charge in [-0.3, -0.25) is 15.0 Å². The number of fused-ring (bicyclic) bond motifs is 1. The number of nitrogens with zero attached hydrogens (tertiary/aromatic N) is 4. The topological polar surface area (TPSA) is 80.2 Å². The Balaban J connectivity index is 1.44. The fourth-order valence-corrected chi connectivity index (χ4v) is 5.23. The summed E-state index contributed by atoms with van der Waals surface area (Å²) in [4.78, 5) is 28.1. The lowest BCUT2D eigenvalue weighted by molar-refractivity contribution is 0.0177. The van der Waals surface area contributed by atoms with Crippen LogP contribution in [0, 0.1) is 5.92 Å². The van der Waals surface area contributed by atoms with E-state index in [0.29, 0.717) is 19.0 Å². The number of benzene rings is 2. The van der Waals surface area contributed by atoms with Crippen LogP contribution in [0.5, 0.6) is 0 Å². The molecule has 1 unspecified atom stereocenters. The number of rotatable bonds is 5. The minimum Gasteiger partial charge on any atom is -0.444 e. The molecule has 2 aromatic carbocycles. The summed E-state index contributed by atoms with van der Waals surface area (Å²) in [6, 6.07) is 16.6. The Kier molecular flexibility index (Phi) is 7.61. The maximum atomic E-state index is 12.6. The van der Waals surface area contributed by atoms with Crippen LogP contribution < -0.4 is 5.32 Å². The molecule has 1 fully saturated rings. The van der Waals surface area contributed by atoms with Crippen LogP contribution in [0.2, 0.25) is 0 Å². The number of carbonyl (C=O) groups excluding carboxylic acids is 1. The number of aromatic nitrogens is 3. The van der Waals surface area contributed by atoms with E-state index in [1.807, 2.05) is 50.1 Å². The molecule has 4 aromatic rings. The molecule has 1 aliphatic heterocycles. The van der Waals surface area contributed by atoms with Gasteiger partial charge in [0.15, 0.2) is 0 Å². The van der Waals surface area contributed by atoms with E-state index in [4.69, 9.17) is 4.74 Å². The predicted molar refractivity (Wildman–Crippen MR) is 154 cm³/mol. The first-order chi connectivity index (χ1) is 18.3. The van der Waals surface area contributed by atoms with Gasteiger partial charge >= 0.3 is 6.09 Å². The Morgan fingerprint density at radius 2 is 1.79 bits per heavy atom. The molecule has 1 atom stereocenters. The molecule has 1 aliphatic rings. The zero-order valence-corrected chi connectivity index (χ0v) is 23.5. The Bertz CT molecular complexity index is 1400. The van der Waals surface area contributed by atoms with E-state index in [1.54, 1.807) is 18.6 Å². The van der Waals surface area contributed by atoms with Crippen molar-refractivity contribution in [3.05, 3.63) is 83.4 Å². The molecule has 1 amide bonds. The third kappa shape index (κ3) is 6.13. The van der Waals surface area contributed by atoms with Gasteiger partial charge in [-0.25, -0.2) is 4.79 Å². The maximum absolute atomic E-state index is 12.6. The molecule has 1 saturated heterocycles. The summed E-state index contributed by atoms with van der Waals surface area (Å²) in [6.07, 6.45) is 8.65. The number of halogens is 1. The second-order valence-electron chi connectivity index (χ2n) is 10.7. The highest BCUT2D eigenvalue weighted by molar-refractivity contribution is 9.10. The number of ether oxygens (including phenoxy) is 1. The van der Waals surface area contributed by atoms with Gasteiger partial charge in [-0.05, 0) is 81.0 Å². The smallest absolute Gasteiger partial charge is 0.410 e.